The van der Waals surface area contributed by atoms with E-state index in [1.54, 1.807) is 0 Å². The molecule has 55 heavy (non-hydrogen) atoms. The van der Waals surface area contributed by atoms with E-state index in [1.807, 2.05) is 20.0 Å². The van der Waals surface area contributed by atoms with Crippen molar-refractivity contribution >= 4 is 5.97 Å². The molecule has 1 unspecified atom stereocenters. The van der Waals surface area contributed by atoms with E-state index in [1.165, 1.54) is 148 Å². The van der Waals surface area contributed by atoms with Gasteiger partial charge in [-0.3, -0.25) is 4.79 Å². The second kappa shape index (κ2) is 42.2. The number of rotatable bonds is 41. The quantitative estimate of drug-likeness (QED) is 0.0530. The van der Waals surface area contributed by atoms with Crippen molar-refractivity contribution in [3.8, 4) is 0 Å². The summed E-state index contributed by atoms with van der Waals surface area (Å²) >= 11 is 0. The van der Waals surface area contributed by atoms with E-state index < -0.39 is 0 Å². The highest BCUT2D eigenvalue weighted by Crippen LogP contribution is 2.19. The molecule has 1 atom stereocenters. The maximum atomic E-state index is 12.8. The molecule has 0 radical (unpaired) electrons. The molecule has 0 amide bonds. The lowest BCUT2D eigenvalue weighted by Crippen LogP contribution is -2.34. The number of ether oxygens (including phenoxy) is 1. The molecule has 1 aromatic heterocycles. The molecule has 0 aliphatic heterocycles. The maximum absolute atomic E-state index is 12.8. The summed E-state index contributed by atoms with van der Waals surface area (Å²) in [6.45, 7) is 16.8. The second-order valence-electron chi connectivity index (χ2n) is 16.5. The molecular weight excluding hydrogens is 679 g/mol. The Kier molecular flexibility index (Phi) is 41.1. The number of hydrogen-bond donors (Lipinski definition) is 1. The zero-order valence-electron chi connectivity index (χ0n) is 38.1. The number of imidazole rings is 1. The number of aliphatic hydroxyl groups is 1. The lowest BCUT2D eigenvalue weighted by molar-refractivity contribution is -0.150. The number of esters is 1. The zero-order valence-corrected chi connectivity index (χ0v) is 38.1. The summed E-state index contributed by atoms with van der Waals surface area (Å²) in [4.78, 5) is 19.7. The first-order valence-corrected chi connectivity index (χ1v) is 24.6. The van der Waals surface area contributed by atoms with Gasteiger partial charge in [0.1, 0.15) is 11.9 Å². The third-order valence-electron chi connectivity index (χ3n) is 11.3. The molecule has 0 saturated carbocycles. The van der Waals surface area contributed by atoms with E-state index >= 15 is 0 Å². The van der Waals surface area contributed by atoms with Crippen molar-refractivity contribution in [3.05, 3.63) is 18.2 Å². The molecule has 1 heterocycles. The molecule has 6 nitrogen and oxygen atoms in total. The summed E-state index contributed by atoms with van der Waals surface area (Å²) in [7, 11) is 0. The van der Waals surface area contributed by atoms with Crippen LogP contribution in [-0.4, -0.2) is 57.4 Å². The lowest BCUT2D eigenvalue weighted by Gasteiger charge is -2.25. The first-order chi connectivity index (χ1) is 27.0. The van der Waals surface area contributed by atoms with Gasteiger partial charge in [-0.15, -0.1) is 0 Å². The predicted molar refractivity (Wildman–Crippen MR) is 240 cm³/mol. The van der Waals surface area contributed by atoms with Crippen LogP contribution in [0.25, 0.3) is 0 Å². The fourth-order valence-electron chi connectivity index (χ4n) is 7.76. The van der Waals surface area contributed by atoms with Crippen molar-refractivity contribution in [2.24, 2.45) is 0 Å². The molecule has 6 heteroatoms. The highest BCUT2D eigenvalue weighted by atomic mass is 16.5. The van der Waals surface area contributed by atoms with Gasteiger partial charge in [-0.2, -0.15) is 0 Å². The molecule has 0 spiro atoms. The number of carbonyl (C=O) groups is 1. The van der Waals surface area contributed by atoms with E-state index in [9.17, 15) is 9.90 Å². The van der Waals surface area contributed by atoms with Crippen LogP contribution in [0.3, 0.4) is 0 Å². The monoisotopic (exact) mass is 776 g/mol. The molecule has 1 aromatic rings. The molecule has 0 bridgehead atoms. The van der Waals surface area contributed by atoms with Crippen LogP contribution in [-0.2, 0) is 16.1 Å². The van der Waals surface area contributed by atoms with Gasteiger partial charge in [0, 0.05) is 31.9 Å². The van der Waals surface area contributed by atoms with Gasteiger partial charge in [-0.05, 0) is 77.8 Å². The predicted octanol–water partition coefficient (Wildman–Crippen LogP) is 14.7. The van der Waals surface area contributed by atoms with Crippen LogP contribution in [0.4, 0.5) is 0 Å². The average Bonchev–Trinajstić information content (AvgIpc) is 3.60. The van der Waals surface area contributed by atoms with Crippen LogP contribution in [0, 0.1) is 6.92 Å². The Morgan fingerprint density at radius 2 is 1.04 bits per heavy atom. The van der Waals surface area contributed by atoms with Crippen LogP contribution in [0.15, 0.2) is 12.4 Å². The molecule has 326 valence electrons. The summed E-state index contributed by atoms with van der Waals surface area (Å²) in [6.07, 6.45) is 44.1. The van der Waals surface area contributed by atoms with Gasteiger partial charge in [0.15, 0.2) is 0 Å². The van der Waals surface area contributed by atoms with Gasteiger partial charge >= 0.3 is 5.97 Å². The van der Waals surface area contributed by atoms with Crippen molar-refractivity contribution in [2.75, 3.05) is 19.6 Å². The highest BCUT2D eigenvalue weighted by Gasteiger charge is 2.15. The van der Waals surface area contributed by atoms with Gasteiger partial charge < -0.3 is 19.3 Å². The zero-order chi connectivity index (χ0) is 40.5. The van der Waals surface area contributed by atoms with E-state index in [2.05, 4.69) is 48.3 Å². The standard InChI is InChI=1S/C47H91N3O3.C2H6/c1-5-8-11-14-17-18-19-20-22-27-34-45(51)43-49(40-32-33-41-50-42-38-48-44(50)4)39-31-26-21-25-30-37-47(52)53-46(35-28-23-15-12-9-6-2)36-29-24-16-13-10-7-3;1-2/h38,42,45-46,51H,5-37,39-41,43H2,1-4H3;1-2H3. The topological polar surface area (TPSA) is 67.6 Å². The molecule has 0 aromatic carbocycles. The molecular formula is C49H97N3O3. The van der Waals surface area contributed by atoms with Crippen molar-refractivity contribution in [1.29, 1.82) is 0 Å². The Morgan fingerprint density at radius 1 is 0.618 bits per heavy atom. The van der Waals surface area contributed by atoms with Crippen molar-refractivity contribution < 1.29 is 14.6 Å². The van der Waals surface area contributed by atoms with Crippen LogP contribution in [0.2, 0.25) is 0 Å². The molecule has 0 saturated heterocycles. The number of aliphatic hydroxyl groups excluding tert-OH is 1. The first kappa shape index (κ1) is 53.6. The summed E-state index contributed by atoms with van der Waals surface area (Å²) in [5.74, 6) is 1.11. The fraction of sp³-hybridized carbons (Fsp3) is 0.918. The van der Waals surface area contributed by atoms with Crippen molar-refractivity contribution in [2.45, 2.75) is 272 Å². The molecule has 0 aliphatic carbocycles. The summed E-state index contributed by atoms with van der Waals surface area (Å²) < 4.78 is 8.31. The fourth-order valence-corrected chi connectivity index (χ4v) is 7.76. The van der Waals surface area contributed by atoms with Crippen LogP contribution >= 0.6 is 0 Å². The highest BCUT2D eigenvalue weighted by molar-refractivity contribution is 5.69. The Labute approximate surface area is 344 Å². The summed E-state index contributed by atoms with van der Waals surface area (Å²) in [6, 6.07) is 0. The number of carbonyl (C=O) groups excluding carboxylic acids is 1. The Balaban J connectivity index is 0.0000143. The normalized spacial score (nSPS) is 12.0. The second-order valence-corrected chi connectivity index (χ2v) is 16.5. The minimum Gasteiger partial charge on any atom is -0.462 e. The number of aromatic nitrogens is 2. The Hall–Kier alpha value is -1.40. The number of nitrogens with zero attached hydrogens (tertiary/aromatic N) is 3. The van der Waals surface area contributed by atoms with Crippen molar-refractivity contribution in [1.82, 2.24) is 14.5 Å². The third kappa shape index (κ3) is 35.5. The Bertz CT molecular complexity index is 890. The minimum atomic E-state index is -0.225. The third-order valence-corrected chi connectivity index (χ3v) is 11.3. The van der Waals surface area contributed by atoms with Gasteiger partial charge in [0.2, 0.25) is 0 Å². The van der Waals surface area contributed by atoms with Crippen LogP contribution < -0.4 is 0 Å². The minimum absolute atomic E-state index is 0.0282. The van der Waals surface area contributed by atoms with E-state index in [0.717, 1.165) is 89.8 Å². The summed E-state index contributed by atoms with van der Waals surface area (Å²) in [5.41, 5.74) is 0. The molecule has 0 aliphatic rings. The van der Waals surface area contributed by atoms with Gasteiger partial charge in [-0.1, -0.05) is 182 Å². The maximum Gasteiger partial charge on any atom is 0.306 e. The summed E-state index contributed by atoms with van der Waals surface area (Å²) in [5, 5.41) is 11.0. The lowest BCUT2D eigenvalue weighted by atomic mass is 10.0. The van der Waals surface area contributed by atoms with E-state index in [-0.39, 0.29) is 18.2 Å². The Morgan fingerprint density at radius 3 is 1.51 bits per heavy atom. The smallest absolute Gasteiger partial charge is 0.306 e. The number of unbranched alkanes of at least 4 members (excludes halogenated alkanes) is 24. The van der Waals surface area contributed by atoms with Crippen molar-refractivity contribution in [3.63, 3.8) is 0 Å². The van der Waals surface area contributed by atoms with Gasteiger partial charge in [0.25, 0.3) is 0 Å². The number of aryl methyl sites for hydroxylation is 2. The first-order valence-electron chi connectivity index (χ1n) is 24.6. The largest absolute Gasteiger partial charge is 0.462 e. The van der Waals surface area contributed by atoms with Gasteiger partial charge in [0.05, 0.1) is 6.10 Å². The van der Waals surface area contributed by atoms with Crippen LogP contribution in [0.1, 0.15) is 252 Å². The average molecular weight is 776 g/mol. The van der Waals surface area contributed by atoms with E-state index in [0.29, 0.717) is 6.42 Å². The molecule has 1 rings (SSSR count). The molecule has 0 fully saturated rings. The van der Waals surface area contributed by atoms with Gasteiger partial charge in [-0.25, -0.2) is 4.98 Å². The SMILES string of the molecule is CC.CCCCCCCCCCCCC(O)CN(CCCCCCCC(=O)OC(CCCCCCCC)CCCCCCCC)CCCCn1ccnc1C. The van der Waals surface area contributed by atoms with Crippen LogP contribution in [0.5, 0.6) is 0 Å². The molecule has 1 N–H and O–H groups in total. The number of hydrogen-bond acceptors (Lipinski definition) is 5. The van der Waals surface area contributed by atoms with E-state index in [4.69, 9.17) is 4.74 Å².